The second-order valence-corrected chi connectivity index (χ2v) is 9.56. The highest BCUT2D eigenvalue weighted by molar-refractivity contribution is 7.90. The van der Waals surface area contributed by atoms with Gasteiger partial charge in [-0.1, -0.05) is 54.1 Å². The lowest BCUT2D eigenvalue weighted by Crippen LogP contribution is -2.35. The lowest BCUT2D eigenvalue weighted by molar-refractivity contribution is -0.136. The van der Waals surface area contributed by atoms with Gasteiger partial charge in [0.15, 0.2) is 5.82 Å². The highest BCUT2D eigenvalue weighted by Gasteiger charge is 2.15. The molecular weight excluding hydrogens is 416 g/mol. The lowest BCUT2D eigenvalue weighted by atomic mass is 10.0. The molecule has 0 saturated carbocycles. The van der Waals surface area contributed by atoms with Gasteiger partial charge >= 0.3 is 11.8 Å². The van der Waals surface area contributed by atoms with E-state index < -0.39 is 21.7 Å². The van der Waals surface area contributed by atoms with Crippen LogP contribution in [0, 0.1) is 6.92 Å². The number of sulfone groups is 1. The number of benzene rings is 2. The minimum absolute atomic E-state index is 0.0643. The smallest absolute Gasteiger partial charge is 0.314 e. The number of hydrogen-bond acceptors (Lipinski definition) is 5. The van der Waals surface area contributed by atoms with E-state index in [1.54, 1.807) is 0 Å². The quantitative estimate of drug-likeness (QED) is 0.547. The van der Waals surface area contributed by atoms with Crippen LogP contribution in [0.15, 0.2) is 60.8 Å². The Morgan fingerprint density at radius 1 is 1.00 bits per heavy atom. The van der Waals surface area contributed by atoms with Crippen LogP contribution < -0.4 is 10.6 Å². The molecule has 2 aromatic carbocycles. The molecule has 3 aromatic rings. The minimum atomic E-state index is -3.12. The Bertz CT molecular complexity index is 1180. The van der Waals surface area contributed by atoms with Crippen molar-refractivity contribution >= 4 is 27.5 Å². The van der Waals surface area contributed by atoms with Crippen LogP contribution in [0.1, 0.15) is 11.1 Å². The topological polar surface area (TPSA) is 110 Å². The second-order valence-electron chi connectivity index (χ2n) is 7.30. The van der Waals surface area contributed by atoms with Crippen LogP contribution >= 0.6 is 0 Å². The van der Waals surface area contributed by atoms with Gasteiger partial charge < -0.3 is 10.6 Å². The summed E-state index contributed by atoms with van der Waals surface area (Å²) < 4.78 is 23.8. The van der Waals surface area contributed by atoms with Crippen LogP contribution in [0.2, 0.25) is 0 Å². The number of nitrogens with zero attached hydrogens (tertiary/aromatic N) is 2. The van der Waals surface area contributed by atoms with Crippen molar-refractivity contribution in [2.45, 2.75) is 20.0 Å². The van der Waals surface area contributed by atoms with E-state index in [1.165, 1.54) is 22.5 Å². The molecule has 2 N–H and O–H groups in total. The summed E-state index contributed by atoms with van der Waals surface area (Å²) in [5.74, 6) is -1.51. The molecule has 0 saturated heterocycles. The summed E-state index contributed by atoms with van der Waals surface area (Å²) in [4.78, 5) is 24.1. The molecule has 0 spiro atoms. The first-order valence-electron chi connectivity index (χ1n) is 9.66. The Balaban J connectivity index is 1.50. The third-order valence-corrected chi connectivity index (χ3v) is 5.46. The Morgan fingerprint density at radius 2 is 1.74 bits per heavy atom. The van der Waals surface area contributed by atoms with Crippen LogP contribution in [-0.2, 0) is 32.5 Å². The lowest BCUT2D eigenvalue weighted by Gasteiger charge is -2.07. The number of anilines is 1. The van der Waals surface area contributed by atoms with Crippen LogP contribution in [0.4, 0.5) is 5.82 Å². The van der Waals surface area contributed by atoms with E-state index in [-0.39, 0.29) is 24.7 Å². The average molecular weight is 441 g/mol. The molecule has 2 amide bonds. The zero-order chi connectivity index (χ0) is 22.4. The first kappa shape index (κ1) is 22.2. The number of carbonyl (C=O) groups excluding carboxylic acids is 2. The monoisotopic (exact) mass is 440 g/mol. The fourth-order valence-corrected chi connectivity index (χ4v) is 3.41. The van der Waals surface area contributed by atoms with Crippen LogP contribution in [0.3, 0.4) is 0 Å². The molecule has 0 radical (unpaired) electrons. The predicted octanol–water partition coefficient (Wildman–Crippen LogP) is 2.16. The first-order chi connectivity index (χ1) is 14.7. The summed E-state index contributed by atoms with van der Waals surface area (Å²) in [6.07, 6.45) is 2.67. The molecule has 0 aliphatic rings. The molecule has 0 bridgehead atoms. The molecular formula is C22H24N4O4S. The van der Waals surface area contributed by atoms with Crippen molar-refractivity contribution in [2.75, 3.05) is 17.3 Å². The average Bonchev–Trinajstić information content (AvgIpc) is 3.18. The molecule has 0 unspecified atom stereocenters. The van der Waals surface area contributed by atoms with Gasteiger partial charge in [0, 0.05) is 25.1 Å². The molecule has 162 valence electrons. The van der Waals surface area contributed by atoms with Gasteiger partial charge in [-0.3, -0.25) is 14.3 Å². The fraction of sp³-hybridized carbons (Fsp3) is 0.227. The van der Waals surface area contributed by atoms with E-state index in [4.69, 9.17) is 0 Å². The number of carbonyl (C=O) groups is 2. The maximum Gasteiger partial charge on any atom is 0.314 e. The van der Waals surface area contributed by atoms with Crippen molar-refractivity contribution in [2.24, 2.45) is 0 Å². The van der Waals surface area contributed by atoms with E-state index in [0.717, 1.165) is 22.9 Å². The summed E-state index contributed by atoms with van der Waals surface area (Å²) in [5.41, 5.74) is 4.23. The third kappa shape index (κ3) is 6.78. The fourth-order valence-electron chi connectivity index (χ4n) is 2.89. The van der Waals surface area contributed by atoms with Gasteiger partial charge in [0.25, 0.3) is 0 Å². The zero-order valence-electron chi connectivity index (χ0n) is 17.3. The van der Waals surface area contributed by atoms with Crippen molar-refractivity contribution in [1.29, 1.82) is 0 Å². The number of hydrogen-bond donors (Lipinski definition) is 2. The zero-order valence-corrected chi connectivity index (χ0v) is 18.1. The Labute approximate surface area is 181 Å². The van der Waals surface area contributed by atoms with Crippen LogP contribution in [0.5, 0.6) is 0 Å². The normalized spacial score (nSPS) is 11.2. The molecule has 0 aliphatic heterocycles. The van der Waals surface area contributed by atoms with E-state index in [1.807, 2.05) is 49.4 Å². The predicted molar refractivity (Wildman–Crippen MR) is 119 cm³/mol. The van der Waals surface area contributed by atoms with E-state index in [9.17, 15) is 18.0 Å². The van der Waals surface area contributed by atoms with Crippen LogP contribution in [-0.4, -0.2) is 42.0 Å². The highest BCUT2D eigenvalue weighted by atomic mass is 32.2. The van der Waals surface area contributed by atoms with Crippen molar-refractivity contribution < 1.29 is 18.0 Å². The van der Waals surface area contributed by atoms with Gasteiger partial charge in [-0.2, -0.15) is 5.10 Å². The van der Waals surface area contributed by atoms with Crippen molar-refractivity contribution in [3.63, 3.8) is 0 Å². The Hall–Kier alpha value is -3.46. The molecule has 31 heavy (non-hydrogen) atoms. The van der Waals surface area contributed by atoms with E-state index in [0.29, 0.717) is 0 Å². The third-order valence-electron chi connectivity index (χ3n) is 4.54. The number of rotatable bonds is 7. The van der Waals surface area contributed by atoms with Crippen LogP contribution in [0.25, 0.3) is 11.1 Å². The van der Waals surface area contributed by atoms with E-state index >= 15 is 0 Å². The summed E-state index contributed by atoms with van der Waals surface area (Å²) in [6, 6.07) is 17.4. The molecule has 9 heteroatoms. The molecule has 1 aromatic heterocycles. The number of aryl methyl sites for hydroxylation is 2. The summed E-state index contributed by atoms with van der Waals surface area (Å²) >= 11 is 0. The molecule has 8 nitrogen and oxygen atoms in total. The maximum atomic E-state index is 12.1. The van der Waals surface area contributed by atoms with Crippen molar-refractivity contribution in [3.05, 3.63) is 71.9 Å². The summed E-state index contributed by atoms with van der Waals surface area (Å²) in [5, 5.41) is 9.01. The number of nitrogens with one attached hydrogen (secondary N) is 2. The van der Waals surface area contributed by atoms with Gasteiger partial charge in [-0.25, -0.2) is 8.42 Å². The summed E-state index contributed by atoms with van der Waals surface area (Å²) in [6.45, 7) is 2.42. The molecule has 0 aliphatic carbocycles. The van der Waals surface area contributed by atoms with Gasteiger partial charge in [0.1, 0.15) is 9.84 Å². The molecule has 3 rings (SSSR count). The largest absolute Gasteiger partial charge is 0.344 e. The van der Waals surface area contributed by atoms with Gasteiger partial charge in [-0.15, -0.1) is 0 Å². The molecule has 1 heterocycles. The van der Waals surface area contributed by atoms with Gasteiger partial charge in [0.2, 0.25) is 0 Å². The number of amides is 2. The first-order valence-corrected chi connectivity index (χ1v) is 11.7. The molecule has 0 fully saturated rings. The second kappa shape index (κ2) is 9.57. The summed E-state index contributed by atoms with van der Waals surface area (Å²) in [7, 11) is -3.12. The van der Waals surface area contributed by atoms with Crippen molar-refractivity contribution in [1.82, 2.24) is 15.1 Å². The standard InChI is InChI=1S/C22H24N4O4S/c1-16-4-3-5-19(14-16)18-8-6-17(7-9-18)15-23-21(27)22(28)24-20-10-11-26(25-20)12-13-31(2,29)30/h3-11,14H,12-13,15H2,1-2H3,(H,23,27)(H,24,25,28). The maximum absolute atomic E-state index is 12.1. The van der Waals surface area contributed by atoms with Crippen molar-refractivity contribution in [3.8, 4) is 11.1 Å². The highest BCUT2D eigenvalue weighted by Crippen LogP contribution is 2.20. The van der Waals surface area contributed by atoms with E-state index in [2.05, 4.69) is 21.8 Å². The van der Waals surface area contributed by atoms with Gasteiger partial charge in [-0.05, 0) is 23.6 Å². The molecule has 0 atom stereocenters. The SMILES string of the molecule is Cc1cccc(-c2ccc(CNC(=O)C(=O)Nc3ccn(CCS(C)(=O)=O)n3)cc2)c1. The minimum Gasteiger partial charge on any atom is -0.344 e. The number of aromatic nitrogens is 2. The van der Waals surface area contributed by atoms with Gasteiger partial charge in [0.05, 0.1) is 12.3 Å². The Kier molecular flexibility index (Phi) is 6.86. The Morgan fingerprint density at radius 3 is 2.42 bits per heavy atom.